The minimum atomic E-state index is -0.535. The molecule has 2 amide bonds. The highest BCUT2D eigenvalue weighted by Crippen LogP contribution is 2.29. The van der Waals surface area contributed by atoms with Crippen LogP contribution in [0.15, 0.2) is 77.7 Å². The maximum absolute atomic E-state index is 13.3. The van der Waals surface area contributed by atoms with Crippen molar-refractivity contribution in [3.63, 3.8) is 0 Å². The van der Waals surface area contributed by atoms with Crippen molar-refractivity contribution in [1.82, 2.24) is 0 Å². The highest BCUT2D eigenvalue weighted by atomic mass is 35.5. The van der Waals surface area contributed by atoms with Gasteiger partial charge in [0.2, 0.25) is 11.8 Å². The zero-order chi connectivity index (χ0) is 22.2. The van der Waals surface area contributed by atoms with Gasteiger partial charge in [-0.1, -0.05) is 54.9 Å². The lowest BCUT2D eigenvalue weighted by Gasteiger charge is -2.16. The molecule has 3 aromatic rings. The molecule has 160 valence electrons. The number of benzene rings is 3. The van der Waals surface area contributed by atoms with Crippen LogP contribution < -0.4 is 10.6 Å². The second-order valence-electron chi connectivity index (χ2n) is 6.87. The molecule has 0 aromatic heterocycles. The molecular formula is C24H22ClFN2O2S. The topological polar surface area (TPSA) is 58.2 Å². The molecular weight excluding hydrogens is 435 g/mol. The monoisotopic (exact) mass is 456 g/mol. The van der Waals surface area contributed by atoms with E-state index in [9.17, 15) is 14.0 Å². The molecule has 7 heteroatoms. The minimum absolute atomic E-state index is 0.0440. The molecule has 4 nitrogen and oxygen atoms in total. The lowest BCUT2D eigenvalue weighted by molar-refractivity contribution is -0.116. The van der Waals surface area contributed by atoms with Crippen molar-refractivity contribution in [3.05, 3.63) is 89.2 Å². The van der Waals surface area contributed by atoms with Crippen LogP contribution in [-0.4, -0.2) is 17.1 Å². The maximum atomic E-state index is 13.3. The SMILES string of the molecule is CCC(Sc1cccc(NC(=O)Cc2ccccc2)c1)C(=O)Nc1ccc(F)c(Cl)c1. The molecule has 0 heterocycles. The Morgan fingerprint density at radius 2 is 1.71 bits per heavy atom. The number of nitrogens with one attached hydrogen (secondary N) is 2. The summed E-state index contributed by atoms with van der Waals surface area (Å²) in [5.41, 5.74) is 2.05. The smallest absolute Gasteiger partial charge is 0.237 e. The fourth-order valence-corrected chi connectivity index (χ4v) is 4.11. The van der Waals surface area contributed by atoms with Crippen molar-refractivity contribution in [2.24, 2.45) is 0 Å². The van der Waals surface area contributed by atoms with Gasteiger partial charge in [0, 0.05) is 16.3 Å². The first-order valence-corrected chi connectivity index (χ1v) is 11.1. The number of rotatable bonds is 8. The second-order valence-corrected chi connectivity index (χ2v) is 8.55. The average molecular weight is 457 g/mol. The quantitative estimate of drug-likeness (QED) is 0.398. The molecule has 0 spiro atoms. The van der Waals surface area contributed by atoms with Crippen molar-refractivity contribution in [2.45, 2.75) is 29.9 Å². The molecule has 0 saturated carbocycles. The first-order valence-electron chi connectivity index (χ1n) is 9.81. The zero-order valence-electron chi connectivity index (χ0n) is 16.9. The number of hydrogen-bond acceptors (Lipinski definition) is 3. The van der Waals surface area contributed by atoms with E-state index in [0.717, 1.165) is 10.5 Å². The molecule has 2 N–H and O–H groups in total. The standard InChI is InChI=1S/C24H22ClFN2O2S/c1-2-22(24(30)28-18-11-12-21(26)20(25)15-18)31-19-10-6-9-17(14-19)27-23(29)13-16-7-4-3-5-8-16/h3-12,14-15,22H,2,13H2,1H3,(H,27,29)(H,28,30). The van der Waals surface area contributed by atoms with Crippen molar-refractivity contribution in [1.29, 1.82) is 0 Å². The van der Waals surface area contributed by atoms with Crippen LogP contribution in [0.5, 0.6) is 0 Å². The number of amides is 2. The van der Waals surface area contributed by atoms with Gasteiger partial charge in [-0.15, -0.1) is 11.8 Å². The number of thioether (sulfide) groups is 1. The van der Waals surface area contributed by atoms with E-state index in [1.807, 2.05) is 61.5 Å². The molecule has 31 heavy (non-hydrogen) atoms. The van der Waals surface area contributed by atoms with Crippen molar-refractivity contribution >= 4 is 46.6 Å². The van der Waals surface area contributed by atoms with Crippen LogP contribution in [0.1, 0.15) is 18.9 Å². The van der Waals surface area contributed by atoms with E-state index in [0.29, 0.717) is 24.2 Å². The summed E-state index contributed by atoms with van der Waals surface area (Å²) in [6, 6.07) is 21.0. The third-order valence-electron chi connectivity index (χ3n) is 4.45. The Labute approximate surface area is 190 Å². The van der Waals surface area contributed by atoms with E-state index in [4.69, 9.17) is 11.6 Å². The van der Waals surface area contributed by atoms with Crippen LogP contribution in [0.25, 0.3) is 0 Å². The number of hydrogen-bond donors (Lipinski definition) is 2. The fourth-order valence-electron chi connectivity index (χ4n) is 2.92. The van der Waals surface area contributed by atoms with Gasteiger partial charge in [-0.05, 0) is 48.4 Å². The number of carbonyl (C=O) groups excluding carboxylic acids is 2. The van der Waals surface area contributed by atoms with Crippen LogP contribution >= 0.6 is 23.4 Å². The number of anilines is 2. The van der Waals surface area contributed by atoms with E-state index in [1.54, 1.807) is 0 Å². The lowest BCUT2D eigenvalue weighted by Crippen LogP contribution is -2.24. The molecule has 0 aliphatic carbocycles. The van der Waals surface area contributed by atoms with E-state index in [2.05, 4.69) is 10.6 Å². The fraction of sp³-hybridized carbons (Fsp3) is 0.167. The van der Waals surface area contributed by atoms with E-state index in [1.165, 1.54) is 30.0 Å². The molecule has 0 aliphatic heterocycles. The van der Waals surface area contributed by atoms with Gasteiger partial charge < -0.3 is 10.6 Å². The molecule has 0 aliphatic rings. The Kier molecular flexibility index (Phi) is 8.09. The summed E-state index contributed by atoms with van der Waals surface area (Å²) in [5, 5.41) is 5.27. The summed E-state index contributed by atoms with van der Waals surface area (Å²) in [6.45, 7) is 1.92. The van der Waals surface area contributed by atoms with Gasteiger partial charge in [0.05, 0.1) is 16.7 Å². The van der Waals surface area contributed by atoms with Gasteiger partial charge in [0.25, 0.3) is 0 Å². The normalized spacial score (nSPS) is 11.6. The van der Waals surface area contributed by atoms with Gasteiger partial charge in [-0.2, -0.15) is 0 Å². The first kappa shape index (κ1) is 22.8. The Morgan fingerprint density at radius 1 is 0.968 bits per heavy atom. The Hall–Kier alpha value is -2.83. The predicted octanol–water partition coefficient (Wildman–Crippen LogP) is 6.17. The van der Waals surface area contributed by atoms with Crippen molar-refractivity contribution < 1.29 is 14.0 Å². The average Bonchev–Trinajstić information content (AvgIpc) is 2.75. The molecule has 0 radical (unpaired) electrons. The largest absolute Gasteiger partial charge is 0.326 e. The van der Waals surface area contributed by atoms with Gasteiger partial charge in [-0.25, -0.2) is 4.39 Å². The van der Waals surface area contributed by atoms with Gasteiger partial charge in [-0.3, -0.25) is 9.59 Å². The molecule has 0 fully saturated rings. The summed E-state index contributed by atoms with van der Waals surface area (Å²) in [7, 11) is 0. The van der Waals surface area contributed by atoms with Crippen LogP contribution in [0, 0.1) is 5.82 Å². The van der Waals surface area contributed by atoms with Crippen LogP contribution in [0.4, 0.5) is 15.8 Å². The highest BCUT2D eigenvalue weighted by molar-refractivity contribution is 8.00. The minimum Gasteiger partial charge on any atom is -0.326 e. The summed E-state index contributed by atoms with van der Waals surface area (Å²) >= 11 is 7.18. The molecule has 1 atom stereocenters. The maximum Gasteiger partial charge on any atom is 0.237 e. The first-order chi connectivity index (χ1) is 14.9. The Bertz CT molecular complexity index is 1060. The number of halogens is 2. The summed E-state index contributed by atoms with van der Waals surface area (Å²) in [5.74, 6) is -0.841. The number of carbonyl (C=O) groups is 2. The van der Waals surface area contributed by atoms with Crippen LogP contribution in [0.3, 0.4) is 0 Å². The van der Waals surface area contributed by atoms with Crippen molar-refractivity contribution in [2.75, 3.05) is 10.6 Å². The van der Waals surface area contributed by atoms with Crippen molar-refractivity contribution in [3.8, 4) is 0 Å². The van der Waals surface area contributed by atoms with E-state index < -0.39 is 5.82 Å². The van der Waals surface area contributed by atoms with Gasteiger partial charge >= 0.3 is 0 Å². The molecule has 3 aromatic carbocycles. The summed E-state index contributed by atoms with van der Waals surface area (Å²) in [6.07, 6.45) is 0.883. The molecule has 0 saturated heterocycles. The highest BCUT2D eigenvalue weighted by Gasteiger charge is 2.19. The predicted molar refractivity (Wildman–Crippen MR) is 125 cm³/mol. The van der Waals surface area contributed by atoms with Gasteiger partial charge in [0.15, 0.2) is 0 Å². The zero-order valence-corrected chi connectivity index (χ0v) is 18.5. The lowest BCUT2D eigenvalue weighted by atomic mass is 10.1. The molecule has 0 bridgehead atoms. The third-order valence-corrected chi connectivity index (χ3v) is 6.10. The summed E-state index contributed by atoms with van der Waals surface area (Å²) < 4.78 is 13.3. The second kappa shape index (κ2) is 11.0. The summed E-state index contributed by atoms with van der Waals surface area (Å²) in [4.78, 5) is 25.8. The Balaban J connectivity index is 1.61. The molecule has 1 unspecified atom stereocenters. The van der Waals surface area contributed by atoms with Crippen LogP contribution in [-0.2, 0) is 16.0 Å². The Morgan fingerprint density at radius 3 is 2.42 bits per heavy atom. The van der Waals surface area contributed by atoms with E-state index in [-0.39, 0.29) is 22.1 Å². The molecule has 3 rings (SSSR count). The van der Waals surface area contributed by atoms with Crippen LogP contribution in [0.2, 0.25) is 5.02 Å². The van der Waals surface area contributed by atoms with E-state index >= 15 is 0 Å². The van der Waals surface area contributed by atoms with Gasteiger partial charge in [0.1, 0.15) is 5.82 Å². The third kappa shape index (κ3) is 6.84.